The summed E-state index contributed by atoms with van der Waals surface area (Å²) < 4.78 is 43.4. The first-order chi connectivity index (χ1) is 8.74. The number of alkyl halides is 3. The van der Waals surface area contributed by atoms with Crippen LogP contribution in [0.4, 0.5) is 19.0 Å². The Morgan fingerprint density at radius 3 is 2.37 bits per heavy atom. The summed E-state index contributed by atoms with van der Waals surface area (Å²) in [6, 6.07) is 1.37. The minimum absolute atomic E-state index is 0.0699. The predicted molar refractivity (Wildman–Crippen MR) is 66.1 cm³/mol. The molecular formula is C12H18F3N3O. The first-order valence-corrected chi connectivity index (χ1v) is 6.10. The van der Waals surface area contributed by atoms with E-state index in [1.807, 2.05) is 13.8 Å². The summed E-state index contributed by atoms with van der Waals surface area (Å²) in [5.41, 5.74) is 0. The van der Waals surface area contributed by atoms with Gasteiger partial charge < -0.3 is 10.1 Å². The standard InChI is InChI=1S/C12H18F3N3O/c1-5-16-9-6-10(19-8(4)7(2)3)18-11(17-9)12(13,14)15/h6-8H,5H2,1-4H3,(H,16,17,18). The molecule has 1 aromatic heterocycles. The second-order valence-electron chi connectivity index (χ2n) is 4.51. The van der Waals surface area contributed by atoms with Gasteiger partial charge >= 0.3 is 6.18 Å². The van der Waals surface area contributed by atoms with E-state index in [0.29, 0.717) is 6.54 Å². The van der Waals surface area contributed by atoms with Gasteiger partial charge in [-0.2, -0.15) is 18.2 Å². The van der Waals surface area contributed by atoms with Crippen LogP contribution in [0.2, 0.25) is 0 Å². The molecule has 108 valence electrons. The van der Waals surface area contributed by atoms with Gasteiger partial charge in [0.2, 0.25) is 11.7 Å². The van der Waals surface area contributed by atoms with E-state index in [9.17, 15) is 13.2 Å². The Kier molecular flexibility index (Phi) is 4.97. The first kappa shape index (κ1) is 15.5. The van der Waals surface area contributed by atoms with Gasteiger partial charge in [-0.15, -0.1) is 0 Å². The lowest BCUT2D eigenvalue weighted by atomic mass is 10.1. The maximum atomic E-state index is 12.7. The van der Waals surface area contributed by atoms with Crippen molar-refractivity contribution in [2.45, 2.75) is 40.0 Å². The zero-order valence-corrected chi connectivity index (χ0v) is 11.4. The van der Waals surface area contributed by atoms with Crippen LogP contribution in [0.25, 0.3) is 0 Å². The summed E-state index contributed by atoms with van der Waals surface area (Å²) in [6.07, 6.45) is -4.82. The van der Waals surface area contributed by atoms with Crippen LogP contribution >= 0.6 is 0 Å². The van der Waals surface area contributed by atoms with Gasteiger partial charge in [-0.1, -0.05) is 13.8 Å². The van der Waals surface area contributed by atoms with Crippen LogP contribution in [-0.4, -0.2) is 22.6 Å². The Morgan fingerprint density at radius 2 is 1.89 bits per heavy atom. The van der Waals surface area contributed by atoms with Crippen LogP contribution in [0.3, 0.4) is 0 Å². The summed E-state index contributed by atoms with van der Waals surface area (Å²) in [6.45, 7) is 7.86. The number of hydrogen-bond donors (Lipinski definition) is 1. The van der Waals surface area contributed by atoms with E-state index in [1.165, 1.54) is 6.07 Å². The Morgan fingerprint density at radius 1 is 1.26 bits per heavy atom. The van der Waals surface area contributed by atoms with Crippen molar-refractivity contribution < 1.29 is 17.9 Å². The molecule has 19 heavy (non-hydrogen) atoms. The SMILES string of the molecule is CCNc1cc(OC(C)C(C)C)nc(C(F)(F)F)n1. The minimum atomic E-state index is -4.59. The Labute approximate surface area is 110 Å². The number of hydrogen-bond acceptors (Lipinski definition) is 4. The molecular weight excluding hydrogens is 259 g/mol. The summed E-state index contributed by atoms with van der Waals surface area (Å²) >= 11 is 0. The molecule has 1 aromatic rings. The van der Waals surface area contributed by atoms with Gasteiger partial charge in [0, 0.05) is 12.6 Å². The van der Waals surface area contributed by atoms with Gasteiger partial charge in [-0.3, -0.25) is 0 Å². The van der Waals surface area contributed by atoms with E-state index in [4.69, 9.17) is 4.74 Å². The van der Waals surface area contributed by atoms with Crippen LogP contribution in [0, 0.1) is 5.92 Å². The molecule has 0 fully saturated rings. The first-order valence-electron chi connectivity index (χ1n) is 6.10. The van der Waals surface area contributed by atoms with E-state index in [0.717, 1.165) is 0 Å². The molecule has 0 amide bonds. The number of rotatable bonds is 5. The Hall–Kier alpha value is -1.53. The van der Waals surface area contributed by atoms with Crippen LogP contribution in [-0.2, 0) is 6.18 Å². The highest BCUT2D eigenvalue weighted by Gasteiger charge is 2.35. The fourth-order valence-corrected chi connectivity index (χ4v) is 1.21. The van der Waals surface area contributed by atoms with Gasteiger partial charge in [-0.05, 0) is 19.8 Å². The van der Waals surface area contributed by atoms with Crippen molar-refractivity contribution in [3.05, 3.63) is 11.9 Å². The highest BCUT2D eigenvalue weighted by atomic mass is 19.4. The maximum Gasteiger partial charge on any atom is 0.451 e. The monoisotopic (exact) mass is 277 g/mol. The van der Waals surface area contributed by atoms with E-state index in [2.05, 4.69) is 15.3 Å². The van der Waals surface area contributed by atoms with Gasteiger partial charge in [0.05, 0.1) is 6.10 Å². The fourth-order valence-electron chi connectivity index (χ4n) is 1.21. The third-order valence-corrected chi connectivity index (χ3v) is 2.56. The molecule has 0 radical (unpaired) electrons. The number of halogens is 3. The maximum absolute atomic E-state index is 12.7. The summed E-state index contributed by atoms with van der Waals surface area (Å²) in [7, 11) is 0. The van der Waals surface area contributed by atoms with E-state index in [1.54, 1.807) is 13.8 Å². The minimum Gasteiger partial charge on any atom is -0.474 e. The third kappa shape index (κ3) is 4.57. The topological polar surface area (TPSA) is 47.0 Å². The highest BCUT2D eigenvalue weighted by Crippen LogP contribution is 2.29. The summed E-state index contributed by atoms with van der Waals surface area (Å²) in [5, 5.41) is 2.73. The molecule has 0 aliphatic rings. The number of ether oxygens (including phenoxy) is 1. The molecule has 1 rings (SSSR count). The van der Waals surface area contributed by atoms with Crippen LogP contribution in [0.15, 0.2) is 6.07 Å². The van der Waals surface area contributed by atoms with Crippen molar-refractivity contribution in [3.63, 3.8) is 0 Å². The van der Waals surface area contributed by atoms with Crippen LogP contribution < -0.4 is 10.1 Å². The average molecular weight is 277 g/mol. The molecule has 7 heteroatoms. The van der Waals surface area contributed by atoms with Crippen LogP contribution in [0.1, 0.15) is 33.5 Å². The molecule has 0 spiro atoms. The zero-order valence-electron chi connectivity index (χ0n) is 11.4. The largest absolute Gasteiger partial charge is 0.474 e. The molecule has 0 saturated carbocycles. The normalized spacial score (nSPS) is 13.5. The van der Waals surface area contributed by atoms with Crippen molar-refractivity contribution in [3.8, 4) is 5.88 Å². The second-order valence-corrected chi connectivity index (χ2v) is 4.51. The predicted octanol–water partition coefficient (Wildman–Crippen LogP) is 3.35. The molecule has 0 aliphatic carbocycles. The molecule has 0 aromatic carbocycles. The number of anilines is 1. The van der Waals surface area contributed by atoms with Crippen molar-refractivity contribution >= 4 is 5.82 Å². The summed E-state index contributed by atoms with van der Waals surface area (Å²) in [4.78, 5) is 6.83. The molecule has 0 bridgehead atoms. The molecule has 1 N–H and O–H groups in total. The van der Waals surface area contributed by atoms with E-state index in [-0.39, 0.29) is 23.7 Å². The van der Waals surface area contributed by atoms with Gasteiger partial charge in [-0.25, -0.2) is 4.98 Å². The fraction of sp³-hybridized carbons (Fsp3) is 0.667. The van der Waals surface area contributed by atoms with E-state index < -0.39 is 12.0 Å². The van der Waals surface area contributed by atoms with Crippen molar-refractivity contribution in [1.82, 2.24) is 9.97 Å². The van der Waals surface area contributed by atoms with Gasteiger partial charge in [0.1, 0.15) is 5.82 Å². The van der Waals surface area contributed by atoms with Gasteiger partial charge in [0.25, 0.3) is 0 Å². The van der Waals surface area contributed by atoms with E-state index >= 15 is 0 Å². The second kappa shape index (κ2) is 6.08. The quantitative estimate of drug-likeness (QED) is 0.896. The summed E-state index contributed by atoms with van der Waals surface area (Å²) in [5.74, 6) is -0.987. The third-order valence-electron chi connectivity index (χ3n) is 2.56. The lowest BCUT2D eigenvalue weighted by Gasteiger charge is -2.18. The molecule has 0 saturated heterocycles. The number of nitrogens with zero attached hydrogens (tertiary/aromatic N) is 2. The molecule has 1 heterocycles. The average Bonchev–Trinajstić information content (AvgIpc) is 2.27. The lowest BCUT2D eigenvalue weighted by molar-refractivity contribution is -0.145. The van der Waals surface area contributed by atoms with Crippen LogP contribution in [0.5, 0.6) is 5.88 Å². The van der Waals surface area contributed by atoms with Crippen molar-refractivity contribution in [1.29, 1.82) is 0 Å². The Balaban J connectivity index is 3.06. The lowest BCUT2D eigenvalue weighted by Crippen LogP contribution is -2.21. The number of nitrogens with one attached hydrogen (secondary N) is 1. The zero-order chi connectivity index (χ0) is 14.6. The Bertz CT molecular complexity index is 421. The highest BCUT2D eigenvalue weighted by molar-refractivity contribution is 5.38. The molecule has 1 unspecified atom stereocenters. The van der Waals surface area contributed by atoms with Crippen molar-refractivity contribution in [2.24, 2.45) is 5.92 Å². The van der Waals surface area contributed by atoms with Crippen molar-refractivity contribution in [2.75, 3.05) is 11.9 Å². The van der Waals surface area contributed by atoms with Gasteiger partial charge in [0.15, 0.2) is 0 Å². The molecule has 0 aliphatic heterocycles. The molecule has 1 atom stereocenters. The number of aromatic nitrogens is 2. The molecule has 4 nitrogen and oxygen atoms in total. The smallest absolute Gasteiger partial charge is 0.451 e.